The smallest absolute Gasteiger partial charge is 0.304 e. The van der Waals surface area contributed by atoms with Gasteiger partial charge in [-0.1, -0.05) is 36.8 Å². The van der Waals surface area contributed by atoms with Crippen molar-refractivity contribution in [3.8, 4) is 0 Å². The fourth-order valence-electron chi connectivity index (χ4n) is 5.07. The number of carbonyl (C=O) groups excluding carboxylic acids is 1. The van der Waals surface area contributed by atoms with E-state index in [0.29, 0.717) is 25.7 Å². The molecule has 0 aromatic heterocycles. The van der Waals surface area contributed by atoms with Crippen molar-refractivity contribution >= 4 is 21.6 Å². The highest BCUT2D eigenvalue weighted by Gasteiger charge is 2.47. The summed E-state index contributed by atoms with van der Waals surface area (Å²) in [7, 11) is -3.85. The van der Waals surface area contributed by atoms with E-state index in [0.717, 1.165) is 5.57 Å². The second-order valence-electron chi connectivity index (χ2n) is 8.03. The molecule has 2 N–H and O–H groups in total. The van der Waals surface area contributed by atoms with Crippen molar-refractivity contribution in [3.05, 3.63) is 42.0 Å². The normalized spacial score (nSPS) is 28.8. The van der Waals surface area contributed by atoms with Crippen LogP contribution in [-0.4, -0.2) is 41.7 Å². The van der Waals surface area contributed by atoms with Gasteiger partial charge in [0.25, 0.3) is 0 Å². The molecule has 1 fully saturated rings. The van der Waals surface area contributed by atoms with Crippen molar-refractivity contribution in [2.75, 3.05) is 0 Å². The minimum atomic E-state index is -3.85. The van der Waals surface area contributed by atoms with Gasteiger partial charge in [-0.25, -0.2) is 8.42 Å². The first-order valence-electron chi connectivity index (χ1n) is 10.2. The van der Waals surface area contributed by atoms with Gasteiger partial charge in [0.05, 0.1) is 17.4 Å². The van der Waals surface area contributed by atoms with Gasteiger partial charge >= 0.3 is 5.97 Å². The Labute approximate surface area is 171 Å². The molecule has 0 bridgehead atoms. The molecule has 5 unspecified atom stereocenters. The molecule has 1 saturated carbocycles. The molecular weight excluding hydrogens is 392 g/mol. The maximum atomic E-state index is 13.4. The van der Waals surface area contributed by atoms with Crippen LogP contribution < -0.4 is 0 Å². The summed E-state index contributed by atoms with van der Waals surface area (Å²) in [6.45, 7) is 1.93. The summed E-state index contributed by atoms with van der Waals surface area (Å²) in [4.78, 5) is 24.3. The summed E-state index contributed by atoms with van der Waals surface area (Å²) in [6.07, 6.45) is 3.29. The number of hydrogen-bond acceptors (Lipinski definition) is 5. The van der Waals surface area contributed by atoms with Crippen LogP contribution in [0.15, 0.2) is 46.9 Å². The van der Waals surface area contributed by atoms with E-state index < -0.39 is 39.0 Å². The highest BCUT2D eigenvalue weighted by Crippen LogP contribution is 2.45. The molecule has 1 aromatic carbocycles. The zero-order valence-electron chi connectivity index (χ0n) is 16.5. The van der Waals surface area contributed by atoms with Gasteiger partial charge in [0.1, 0.15) is 5.25 Å². The van der Waals surface area contributed by atoms with E-state index in [1.54, 1.807) is 18.2 Å². The Balaban J connectivity index is 1.99. The van der Waals surface area contributed by atoms with Gasteiger partial charge in [-0.15, -0.1) is 0 Å². The zero-order valence-corrected chi connectivity index (χ0v) is 17.3. The molecule has 7 heteroatoms. The Morgan fingerprint density at radius 2 is 1.93 bits per heavy atom. The van der Waals surface area contributed by atoms with Crippen LogP contribution in [-0.2, 0) is 19.4 Å². The van der Waals surface area contributed by atoms with Crippen LogP contribution in [0.3, 0.4) is 0 Å². The minimum absolute atomic E-state index is 0.141. The number of Topliss-reactive ketones (excluding diaryl/α,β-unsaturated/α-hetero) is 1. The fourth-order valence-corrected chi connectivity index (χ4v) is 7.14. The lowest BCUT2D eigenvalue weighted by molar-refractivity contribution is -0.138. The van der Waals surface area contributed by atoms with E-state index in [-0.39, 0.29) is 29.4 Å². The second kappa shape index (κ2) is 8.79. The lowest BCUT2D eigenvalue weighted by atomic mass is 9.71. The van der Waals surface area contributed by atoms with E-state index in [1.165, 1.54) is 12.1 Å². The monoisotopic (exact) mass is 420 g/mol. The minimum Gasteiger partial charge on any atom is -0.481 e. The van der Waals surface area contributed by atoms with Crippen molar-refractivity contribution in [1.82, 2.24) is 0 Å². The number of carbonyl (C=O) groups is 2. The number of carboxylic acid groups (broad SMARTS) is 1. The van der Waals surface area contributed by atoms with Gasteiger partial charge in [0.15, 0.2) is 15.6 Å². The van der Waals surface area contributed by atoms with E-state index in [1.807, 2.05) is 13.0 Å². The molecule has 3 rings (SSSR count). The van der Waals surface area contributed by atoms with Gasteiger partial charge in [0, 0.05) is 12.3 Å². The van der Waals surface area contributed by atoms with Gasteiger partial charge in [-0.3, -0.25) is 9.59 Å². The third-order valence-corrected chi connectivity index (χ3v) is 8.55. The molecule has 2 aliphatic carbocycles. The molecule has 1 aromatic rings. The molecular formula is C22H28O6S. The van der Waals surface area contributed by atoms with E-state index in [4.69, 9.17) is 0 Å². The van der Waals surface area contributed by atoms with Crippen LogP contribution in [0, 0.1) is 17.8 Å². The number of aliphatic hydroxyl groups excluding tert-OH is 1. The van der Waals surface area contributed by atoms with Gasteiger partial charge in [-0.2, -0.15) is 0 Å². The highest BCUT2D eigenvalue weighted by molar-refractivity contribution is 7.92. The molecule has 0 saturated heterocycles. The van der Waals surface area contributed by atoms with Crippen LogP contribution in [0.2, 0.25) is 0 Å². The summed E-state index contributed by atoms with van der Waals surface area (Å²) in [5.74, 6) is -2.46. The zero-order chi connectivity index (χ0) is 21.2. The molecule has 6 nitrogen and oxygen atoms in total. The third kappa shape index (κ3) is 4.31. The molecule has 2 aliphatic rings. The van der Waals surface area contributed by atoms with Crippen LogP contribution in [0.5, 0.6) is 0 Å². The molecule has 0 heterocycles. The number of rotatable bonds is 7. The summed E-state index contributed by atoms with van der Waals surface area (Å²) < 4.78 is 26.8. The van der Waals surface area contributed by atoms with Crippen molar-refractivity contribution in [2.24, 2.45) is 17.8 Å². The van der Waals surface area contributed by atoms with Crippen LogP contribution in [0.25, 0.3) is 0 Å². The Kier molecular flexibility index (Phi) is 6.58. The summed E-state index contributed by atoms with van der Waals surface area (Å²) in [6, 6.07) is 8.05. The fraction of sp³-hybridized carbons (Fsp3) is 0.545. The first-order valence-corrected chi connectivity index (χ1v) is 11.7. The van der Waals surface area contributed by atoms with E-state index >= 15 is 0 Å². The molecule has 0 radical (unpaired) electrons. The Bertz CT molecular complexity index is 889. The summed E-state index contributed by atoms with van der Waals surface area (Å²) >= 11 is 0. The van der Waals surface area contributed by atoms with Crippen molar-refractivity contribution in [1.29, 1.82) is 0 Å². The number of hydrogen-bond donors (Lipinski definition) is 2. The summed E-state index contributed by atoms with van der Waals surface area (Å²) in [5.41, 5.74) is 0.801. The number of sulfone groups is 1. The van der Waals surface area contributed by atoms with Crippen molar-refractivity contribution in [2.45, 2.75) is 61.7 Å². The Hall–Kier alpha value is -1.99. The number of aliphatic carboxylic acids is 1. The summed E-state index contributed by atoms with van der Waals surface area (Å²) in [5, 5.41) is 18.4. The second-order valence-corrected chi connectivity index (χ2v) is 10.1. The lowest BCUT2D eigenvalue weighted by Gasteiger charge is -2.38. The molecule has 5 atom stereocenters. The molecule has 0 spiro atoms. The first-order chi connectivity index (χ1) is 13.8. The van der Waals surface area contributed by atoms with Gasteiger partial charge in [-0.05, 0) is 49.7 Å². The highest BCUT2D eigenvalue weighted by atomic mass is 32.2. The van der Waals surface area contributed by atoms with Gasteiger partial charge < -0.3 is 10.2 Å². The average molecular weight is 421 g/mol. The number of benzene rings is 1. The van der Waals surface area contributed by atoms with E-state index in [9.17, 15) is 28.2 Å². The quantitative estimate of drug-likeness (QED) is 0.657. The van der Waals surface area contributed by atoms with Crippen LogP contribution in [0.1, 0.15) is 45.4 Å². The number of ketones is 1. The van der Waals surface area contributed by atoms with Crippen LogP contribution >= 0.6 is 0 Å². The van der Waals surface area contributed by atoms with Crippen molar-refractivity contribution in [3.63, 3.8) is 0 Å². The Morgan fingerprint density at radius 1 is 1.24 bits per heavy atom. The molecule has 29 heavy (non-hydrogen) atoms. The van der Waals surface area contributed by atoms with E-state index in [2.05, 4.69) is 0 Å². The average Bonchev–Trinajstić information content (AvgIpc) is 3.03. The van der Waals surface area contributed by atoms with Gasteiger partial charge in [0.2, 0.25) is 0 Å². The lowest BCUT2D eigenvalue weighted by Crippen LogP contribution is -2.44. The molecule has 0 aliphatic heterocycles. The third-order valence-electron chi connectivity index (χ3n) is 6.34. The maximum Gasteiger partial charge on any atom is 0.304 e. The first kappa shape index (κ1) is 21.7. The topological polar surface area (TPSA) is 109 Å². The molecule has 158 valence electrons. The number of aliphatic hydroxyl groups is 1. The van der Waals surface area contributed by atoms with Crippen LogP contribution in [0.4, 0.5) is 0 Å². The predicted octanol–water partition coefficient (Wildman–Crippen LogP) is 3.01. The predicted molar refractivity (Wildman–Crippen MR) is 108 cm³/mol. The SMILES string of the molecule is CCC(C1=CCC(O)C1CC(=O)O)C1CCCC(=O)C1S(=O)(=O)c1ccccc1. The maximum absolute atomic E-state index is 13.4. The largest absolute Gasteiger partial charge is 0.481 e. The molecule has 0 amide bonds. The number of carboxylic acids is 1. The van der Waals surface area contributed by atoms with Crippen molar-refractivity contribution < 1.29 is 28.2 Å². The standard InChI is InChI=1S/C22H28O6S/c1-2-15(16-11-12-19(23)18(16)13-21(25)26)17-9-6-10-20(24)22(17)29(27,28)14-7-4-3-5-8-14/h3-5,7-8,11,15,17-19,22-23H,2,6,9-10,12-13H2,1H3,(H,25,26). The Morgan fingerprint density at radius 3 is 2.55 bits per heavy atom.